The summed E-state index contributed by atoms with van der Waals surface area (Å²) in [5.41, 5.74) is 0. The van der Waals surface area contributed by atoms with Crippen LogP contribution in [-0.2, 0) is 21.8 Å². The van der Waals surface area contributed by atoms with Gasteiger partial charge in [0.15, 0.2) is 5.82 Å². The Labute approximate surface area is 140 Å². The lowest BCUT2D eigenvalue weighted by Gasteiger charge is -2.16. The summed E-state index contributed by atoms with van der Waals surface area (Å²) in [5, 5.41) is 4.25. The number of nitrogens with one attached hydrogen (secondary N) is 1. The highest BCUT2D eigenvalue weighted by molar-refractivity contribution is 7.89. The van der Waals surface area contributed by atoms with Gasteiger partial charge in [0.2, 0.25) is 0 Å². The lowest BCUT2D eigenvalue weighted by atomic mass is 10.0. The Morgan fingerprint density at radius 2 is 2.21 bits per heavy atom. The molecule has 0 spiro atoms. The van der Waals surface area contributed by atoms with E-state index >= 15 is 0 Å². The molecule has 2 aliphatic rings. The Balaban J connectivity index is 1.44. The molecule has 8 nitrogen and oxygen atoms in total. The van der Waals surface area contributed by atoms with Gasteiger partial charge in [0.25, 0.3) is 15.9 Å². The predicted octanol–water partition coefficient (Wildman–Crippen LogP) is 1.34. The summed E-state index contributed by atoms with van der Waals surface area (Å²) in [4.78, 5) is 4.43. The van der Waals surface area contributed by atoms with E-state index < -0.39 is 10.0 Å². The third-order valence-corrected chi connectivity index (χ3v) is 6.09. The Morgan fingerprint density at radius 1 is 1.38 bits per heavy atom. The summed E-state index contributed by atoms with van der Waals surface area (Å²) in [5.74, 6) is 1.59. The number of hydrogen-bond donors (Lipinski definition) is 1. The molecule has 1 aliphatic carbocycles. The molecule has 0 bridgehead atoms. The lowest BCUT2D eigenvalue weighted by Crippen LogP contribution is -2.31. The summed E-state index contributed by atoms with van der Waals surface area (Å²) < 4.78 is 40.1. The summed E-state index contributed by atoms with van der Waals surface area (Å²) in [6.45, 7) is 0.835. The van der Waals surface area contributed by atoms with Crippen molar-refractivity contribution < 1.29 is 17.7 Å². The SMILES string of the molecule is Cn1cccc1S(=O)(=O)NC[C@@H]1CCO[C@@H]1c1nc(C2CC2)no1. The Morgan fingerprint density at radius 3 is 2.92 bits per heavy atom. The van der Waals surface area contributed by atoms with Gasteiger partial charge in [-0.15, -0.1) is 0 Å². The number of rotatable bonds is 6. The smallest absolute Gasteiger partial charge is 0.256 e. The molecule has 2 aromatic rings. The van der Waals surface area contributed by atoms with Gasteiger partial charge in [-0.2, -0.15) is 4.98 Å². The predicted molar refractivity (Wildman–Crippen MR) is 83.7 cm³/mol. The van der Waals surface area contributed by atoms with Crippen LogP contribution in [0.4, 0.5) is 0 Å². The van der Waals surface area contributed by atoms with Crippen LogP contribution >= 0.6 is 0 Å². The van der Waals surface area contributed by atoms with Gasteiger partial charge in [-0.05, 0) is 31.4 Å². The normalized spacial score (nSPS) is 24.5. The molecule has 0 radical (unpaired) electrons. The standard InChI is InChI=1S/C15H20N4O4S/c1-19-7-2-3-12(19)24(20,21)16-9-11-6-8-22-13(11)15-17-14(18-23-15)10-4-5-10/h2-3,7,10-11,13,16H,4-6,8-9H2,1H3/t11-,13-/m0/s1. The number of sulfonamides is 1. The molecule has 1 saturated heterocycles. The molecule has 1 aliphatic heterocycles. The van der Waals surface area contributed by atoms with E-state index in [0.717, 1.165) is 25.1 Å². The van der Waals surface area contributed by atoms with E-state index in [4.69, 9.17) is 9.26 Å². The van der Waals surface area contributed by atoms with Crippen LogP contribution in [0.15, 0.2) is 27.9 Å². The highest BCUT2D eigenvalue weighted by Gasteiger charge is 2.37. The zero-order chi connectivity index (χ0) is 16.7. The highest BCUT2D eigenvalue weighted by Crippen LogP contribution is 2.40. The van der Waals surface area contributed by atoms with E-state index in [9.17, 15) is 8.42 Å². The minimum Gasteiger partial charge on any atom is -0.368 e. The van der Waals surface area contributed by atoms with Crippen molar-refractivity contribution in [3.8, 4) is 0 Å². The number of ether oxygens (including phenoxy) is 1. The van der Waals surface area contributed by atoms with Gasteiger partial charge in [-0.25, -0.2) is 13.1 Å². The van der Waals surface area contributed by atoms with Gasteiger partial charge in [0.05, 0.1) is 0 Å². The topological polar surface area (TPSA) is 99.2 Å². The average Bonchev–Trinajstić information content (AvgIpc) is 2.97. The van der Waals surface area contributed by atoms with Crippen molar-refractivity contribution in [2.45, 2.75) is 36.3 Å². The fourth-order valence-corrected chi connectivity index (χ4v) is 4.28. The summed E-state index contributed by atoms with van der Waals surface area (Å²) >= 11 is 0. The Bertz CT molecular complexity index is 824. The van der Waals surface area contributed by atoms with Crippen LogP contribution < -0.4 is 4.72 Å². The molecule has 2 fully saturated rings. The molecule has 0 aromatic carbocycles. The van der Waals surface area contributed by atoms with Gasteiger partial charge >= 0.3 is 0 Å². The Kier molecular flexibility index (Phi) is 3.93. The van der Waals surface area contributed by atoms with Crippen LogP contribution in [0, 0.1) is 5.92 Å². The summed E-state index contributed by atoms with van der Waals surface area (Å²) in [7, 11) is -1.85. The maximum Gasteiger partial charge on any atom is 0.256 e. The van der Waals surface area contributed by atoms with E-state index in [1.54, 1.807) is 29.9 Å². The third-order valence-electron chi connectivity index (χ3n) is 4.56. The second-order valence-corrected chi connectivity index (χ2v) is 8.13. The number of nitrogens with zero attached hydrogens (tertiary/aromatic N) is 3. The monoisotopic (exact) mass is 352 g/mol. The molecule has 1 N–H and O–H groups in total. The Hall–Kier alpha value is -1.71. The molecule has 0 unspecified atom stereocenters. The second kappa shape index (κ2) is 5.98. The van der Waals surface area contributed by atoms with E-state index in [-0.39, 0.29) is 23.6 Å². The zero-order valence-electron chi connectivity index (χ0n) is 13.4. The first kappa shape index (κ1) is 15.8. The molecular formula is C15H20N4O4S. The molecule has 130 valence electrons. The van der Waals surface area contributed by atoms with Crippen molar-refractivity contribution in [2.24, 2.45) is 13.0 Å². The first-order chi connectivity index (χ1) is 11.5. The van der Waals surface area contributed by atoms with Crippen LogP contribution in [0.3, 0.4) is 0 Å². The van der Waals surface area contributed by atoms with Crippen molar-refractivity contribution in [3.63, 3.8) is 0 Å². The third kappa shape index (κ3) is 2.99. The van der Waals surface area contributed by atoms with E-state index in [2.05, 4.69) is 14.9 Å². The molecule has 3 heterocycles. The highest BCUT2D eigenvalue weighted by atomic mass is 32.2. The molecule has 24 heavy (non-hydrogen) atoms. The fraction of sp³-hybridized carbons (Fsp3) is 0.600. The van der Waals surface area contributed by atoms with Crippen molar-refractivity contribution in [1.82, 2.24) is 19.4 Å². The molecule has 2 atom stereocenters. The molecular weight excluding hydrogens is 332 g/mol. The first-order valence-electron chi connectivity index (χ1n) is 8.11. The molecule has 0 amide bonds. The van der Waals surface area contributed by atoms with E-state index in [1.165, 1.54) is 0 Å². The fourth-order valence-electron chi connectivity index (χ4n) is 3.00. The molecule has 1 saturated carbocycles. The number of hydrogen-bond acceptors (Lipinski definition) is 6. The minimum atomic E-state index is -3.55. The maximum atomic E-state index is 12.4. The molecule has 4 rings (SSSR count). The van der Waals surface area contributed by atoms with Gasteiger partial charge in [0.1, 0.15) is 11.1 Å². The summed E-state index contributed by atoms with van der Waals surface area (Å²) in [6.07, 6.45) is 4.31. The van der Waals surface area contributed by atoms with Crippen LogP contribution in [-0.4, -0.2) is 36.3 Å². The van der Waals surface area contributed by atoms with E-state index in [1.807, 2.05) is 0 Å². The second-order valence-electron chi connectivity index (χ2n) is 6.41. The summed E-state index contributed by atoms with van der Waals surface area (Å²) in [6, 6.07) is 3.28. The van der Waals surface area contributed by atoms with Crippen LogP contribution in [0.5, 0.6) is 0 Å². The number of aryl methyl sites for hydroxylation is 1. The first-order valence-corrected chi connectivity index (χ1v) is 9.59. The average molecular weight is 352 g/mol. The van der Waals surface area contributed by atoms with Crippen LogP contribution in [0.25, 0.3) is 0 Å². The number of aromatic nitrogens is 3. The minimum absolute atomic E-state index is 0.0208. The van der Waals surface area contributed by atoms with Crippen molar-refractivity contribution in [3.05, 3.63) is 30.0 Å². The van der Waals surface area contributed by atoms with Gasteiger partial charge in [-0.1, -0.05) is 5.16 Å². The molecule has 9 heteroatoms. The lowest BCUT2D eigenvalue weighted by molar-refractivity contribution is 0.0635. The van der Waals surface area contributed by atoms with Gasteiger partial charge in [-0.3, -0.25) is 0 Å². The van der Waals surface area contributed by atoms with Gasteiger partial charge < -0.3 is 13.8 Å². The van der Waals surface area contributed by atoms with Crippen molar-refractivity contribution in [2.75, 3.05) is 13.2 Å². The largest absolute Gasteiger partial charge is 0.368 e. The van der Waals surface area contributed by atoms with Crippen LogP contribution in [0.2, 0.25) is 0 Å². The van der Waals surface area contributed by atoms with Crippen LogP contribution in [0.1, 0.15) is 43.0 Å². The quantitative estimate of drug-likeness (QED) is 0.842. The van der Waals surface area contributed by atoms with Crippen molar-refractivity contribution >= 4 is 10.0 Å². The maximum absolute atomic E-state index is 12.4. The molecule has 2 aromatic heterocycles. The van der Waals surface area contributed by atoms with E-state index in [0.29, 0.717) is 18.4 Å². The zero-order valence-corrected chi connectivity index (χ0v) is 14.2. The van der Waals surface area contributed by atoms with Gasteiger partial charge in [0, 0.05) is 38.2 Å². The van der Waals surface area contributed by atoms with Crippen molar-refractivity contribution in [1.29, 1.82) is 0 Å².